The van der Waals surface area contributed by atoms with Crippen LogP contribution < -0.4 is 20.7 Å². The minimum Gasteiger partial charge on any atom is -0.474 e. The minimum absolute atomic E-state index is 0. The van der Waals surface area contributed by atoms with E-state index in [1.807, 2.05) is 18.3 Å². The summed E-state index contributed by atoms with van der Waals surface area (Å²) in [5.74, 6) is 2.42. The van der Waals surface area contributed by atoms with E-state index in [2.05, 4.69) is 39.7 Å². The number of ether oxygens (including phenoxy) is 1. The van der Waals surface area contributed by atoms with E-state index in [0.717, 1.165) is 62.8 Å². The molecule has 186 valence electrons. The van der Waals surface area contributed by atoms with E-state index in [1.54, 1.807) is 7.05 Å². The Balaban J connectivity index is 0.00000385. The molecule has 1 saturated carbocycles. The maximum absolute atomic E-state index is 11.6. The Morgan fingerprint density at radius 2 is 1.94 bits per heavy atom. The lowest BCUT2D eigenvalue weighted by molar-refractivity contribution is -0.122. The molecule has 1 aliphatic carbocycles. The number of aromatic nitrogens is 1. The molecule has 0 atom stereocenters. The van der Waals surface area contributed by atoms with Crippen LogP contribution in [0.4, 0.5) is 0 Å². The van der Waals surface area contributed by atoms with E-state index >= 15 is 0 Å². The number of likely N-dealkylation sites (tertiary alicyclic amines) is 1. The normalized spacial score (nSPS) is 22.2. The number of nitrogens with one attached hydrogen (secondary N) is 3. The largest absolute Gasteiger partial charge is 0.474 e. The van der Waals surface area contributed by atoms with Crippen molar-refractivity contribution >= 4 is 35.8 Å². The maximum Gasteiger partial charge on any atom is 0.233 e. The number of nitrogens with zero attached hydrogens (tertiary/aromatic N) is 3. The Morgan fingerprint density at radius 3 is 2.61 bits per heavy atom. The first-order chi connectivity index (χ1) is 15.6. The van der Waals surface area contributed by atoms with Crippen molar-refractivity contribution in [1.29, 1.82) is 0 Å². The average Bonchev–Trinajstić information content (AvgIpc) is 2.80. The molecular weight excluding hydrogens is 531 g/mol. The smallest absolute Gasteiger partial charge is 0.233 e. The lowest BCUT2D eigenvalue weighted by atomic mass is 9.89. The first-order valence-electron chi connectivity index (χ1n) is 12.1. The van der Waals surface area contributed by atoms with E-state index in [4.69, 9.17) is 9.73 Å². The molecule has 2 aliphatic rings. The van der Waals surface area contributed by atoms with Gasteiger partial charge in [-0.15, -0.1) is 24.0 Å². The van der Waals surface area contributed by atoms with Crippen LogP contribution in [0.5, 0.6) is 5.88 Å². The molecule has 33 heavy (non-hydrogen) atoms. The third-order valence-electron chi connectivity index (χ3n) is 6.39. The number of carbonyl (C=O) groups is 1. The fourth-order valence-electron chi connectivity index (χ4n) is 4.33. The standard InChI is InChI=1S/C24H40N6O2.HI/c1-4-26-24(29-20-10-13-30(14-11-20)17-22(31)25-3)28-16-19-9-12-27-23(15-19)32-21-7-5-18(2)6-8-21;/h9,12,15,18,20-21H,4-8,10-11,13-14,16-17H2,1-3H3,(H,25,31)(H2,26,28,29);1H. The van der Waals surface area contributed by atoms with Gasteiger partial charge in [0.1, 0.15) is 6.10 Å². The van der Waals surface area contributed by atoms with Gasteiger partial charge >= 0.3 is 0 Å². The lowest BCUT2D eigenvalue weighted by Gasteiger charge is -2.32. The van der Waals surface area contributed by atoms with Gasteiger partial charge in [0.05, 0.1) is 13.1 Å². The number of piperidine rings is 1. The van der Waals surface area contributed by atoms with Crippen molar-refractivity contribution in [3.05, 3.63) is 23.9 Å². The zero-order valence-corrected chi connectivity index (χ0v) is 22.6. The summed E-state index contributed by atoms with van der Waals surface area (Å²) >= 11 is 0. The van der Waals surface area contributed by atoms with Crippen LogP contribution in [0.3, 0.4) is 0 Å². The van der Waals surface area contributed by atoms with Crippen LogP contribution >= 0.6 is 24.0 Å². The Morgan fingerprint density at radius 1 is 1.21 bits per heavy atom. The zero-order chi connectivity index (χ0) is 22.8. The van der Waals surface area contributed by atoms with Crippen LogP contribution in [0.25, 0.3) is 0 Å². The summed E-state index contributed by atoms with van der Waals surface area (Å²) in [6, 6.07) is 4.38. The molecule has 0 radical (unpaired) electrons. The van der Waals surface area contributed by atoms with Crippen molar-refractivity contribution in [2.24, 2.45) is 10.9 Å². The number of aliphatic imine (C=N–C) groups is 1. The second-order valence-electron chi connectivity index (χ2n) is 9.07. The van der Waals surface area contributed by atoms with Crippen molar-refractivity contribution in [1.82, 2.24) is 25.8 Å². The van der Waals surface area contributed by atoms with Gasteiger partial charge in [-0.3, -0.25) is 9.69 Å². The fourth-order valence-corrected chi connectivity index (χ4v) is 4.33. The van der Waals surface area contributed by atoms with Gasteiger partial charge in [0.2, 0.25) is 11.8 Å². The molecule has 0 bridgehead atoms. The molecule has 1 amide bonds. The Labute approximate surface area is 215 Å². The quantitative estimate of drug-likeness (QED) is 0.252. The second kappa shape index (κ2) is 14.6. The topological polar surface area (TPSA) is 90.9 Å². The predicted octanol–water partition coefficient (Wildman–Crippen LogP) is 2.92. The minimum atomic E-state index is 0. The second-order valence-corrected chi connectivity index (χ2v) is 9.07. The van der Waals surface area contributed by atoms with Crippen LogP contribution in [-0.2, 0) is 11.3 Å². The summed E-state index contributed by atoms with van der Waals surface area (Å²) in [7, 11) is 1.68. The molecule has 1 saturated heterocycles. The molecule has 1 aromatic rings. The molecule has 1 aromatic heterocycles. The van der Waals surface area contributed by atoms with Crippen molar-refractivity contribution in [3.8, 4) is 5.88 Å². The number of rotatable bonds is 8. The SMILES string of the molecule is CCNC(=NCc1ccnc(OC2CCC(C)CC2)c1)NC1CCN(CC(=O)NC)CC1.I. The molecule has 0 unspecified atom stereocenters. The summed E-state index contributed by atoms with van der Waals surface area (Å²) < 4.78 is 6.14. The van der Waals surface area contributed by atoms with E-state index in [-0.39, 0.29) is 36.0 Å². The number of amides is 1. The van der Waals surface area contributed by atoms with Crippen LogP contribution in [0.1, 0.15) is 57.9 Å². The molecule has 0 spiro atoms. The highest BCUT2D eigenvalue weighted by molar-refractivity contribution is 14.0. The van der Waals surface area contributed by atoms with Crippen LogP contribution in [0, 0.1) is 5.92 Å². The highest BCUT2D eigenvalue weighted by Gasteiger charge is 2.22. The van der Waals surface area contributed by atoms with Crippen molar-refractivity contribution in [2.45, 2.75) is 71.1 Å². The molecule has 3 N–H and O–H groups in total. The van der Waals surface area contributed by atoms with Gasteiger partial charge in [-0.05, 0) is 63.0 Å². The Hall–Kier alpha value is -1.62. The summed E-state index contributed by atoms with van der Waals surface area (Å²) in [5.41, 5.74) is 1.09. The summed E-state index contributed by atoms with van der Waals surface area (Å²) in [5, 5.41) is 9.61. The van der Waals surface area contributed by atoms with Gasteiger partial charge in [0.15, 0.2) is 5.96 Å². The summed E-state index contributed by atoms with van der Waals surface area (Å²) in [4.78, 5) is 23.0. The average molecular weight is 573 g/mol. The molecular formula is C24H41IN6O2. The van der Waals surface area contributed by atoms with Crippen molar-refractivity contribution in [2.75, 3.05) is 33.2 Å². The highest BCUT2D eigenvalue weighted by atomic mass is 127. The number of carbonyl (C=O) groups excluding carboxylic acids is 1. The first kappa shape index (κ1) is 27.6. The maximum atomic E-state index is 11.6. The number of guanidine groups is 1. The lowest BCUT2D eigenvalue weighted by Crippen LogP contribution is -2.50. The predicted molar refractivity (Wildman–Crippen MR) is 143 cm³/mol. The van der Waals surface area contributed by atoms with E-state index in [9.17, 15) is 4.79 Å². The van der Waals surface area contributed by atoms with Gasteiger partial charge in [-0.1, -0.05) is 6.92 Å². The highest BCUT2D eigenvalue weighted by Crippen LogP contribution is 2.26. The fraction of sp³-hybridized carbons (Fsp3) is 0.708. The van der Waals surface area contributed by atoms with Crippen LogP contribution in [0.2, 0.25) is 0 Å². The molecule has 2 fully saturated rings. The molecule has 9 heteroatoms. The van der Waals surface area contributed by atoms with Gasteiger partial charge < -0.3 is 20.7 Å². The third kappa shape index (κ3) is 9.64. The van der Waals surface area contributed by atoms with Gasteiger partial charge in [0.25, 0.3) is 0 Å². The third-order valence-corrected chi connectivity index (χ3v) is 6.39. The number of pyridine rings is 1. The molecule has 0 aromatic carbocycles. The first-order valence-corrected chi connectivity index (χ1v) is 12.1. The zero-order valence-electron chi connectivity index (χ0n) is 20.3. The van der Waals surface area contributed by atoms with Crippen molar-refractivity contribution < 1.29 is 9.53 Å². The number of hydrogen-bond donors (Lipinski definition) is 3. The number of halogens is 1. The monoisotopic (exact) mass is 572 g/mol. The molecule has 8 nitrogen and oxygen atoms in total. The van der Waals surface area contributed by atoms with Gasteiger partial charge in [-0.2, -0.15) is 0 Å². The summed E-state index contributed by atoms with van der Waals surface area (Å²) in [6.07, 6.45) is 8.78. The van der Waals surface area contributed by atoms with Crippen LogP contribution in [-0.4, -0.2) is 67.1 Å². The van der Waals surface area contributed by atoms with E-state index in [1.165, 1.54) is 12.8 Å². The van der Waals surface area contributed by atoms with Crippen LogP contribution in [0.15, 0.2) is 23.3 Å². The molecule has 2 heterocycles. The van der Waals surface area contributed by atoms with E-state index in [0.29, 0.717) is 25.0 Å². The molecule has 3 rings (SSSR count). The molecule has 1 aliphatic heterocycles. The Bertz CT molecular complexity index is 746. The number of hydrogen-bond acceptors (Lipinski definition) is 5. The summed E-state index contributed by atoms with van der Waals surface area (Å²) in [6.45, 7) is 8.08. The number of likely N-dealkylation sites (N-methyl/N-ethyl adjacent to an activating group) is 1. The Kier molecular flexibility index (Phi) is 12.2. The van der Waals surface area contributed by atoms with E-state index < -0.39 is 0 Å². The van der Waals surface area contributed by atoms with Gasteiger partial charge in [-0.25, -0.2) is 9.98 Å². The van der Waals surface area contributed by atoms with Crippen molar-refractivity contribution in [3.63, 3.8) is 0 Å². The van der Waals surface area contributed by atoms with Gasteiger partial charge in [0, 0.05) is 45.0 Å².